The van der Waals surface area contributed by atoms with E-state index in [0.717, 1.165) is 38.1 Å². The highest BCUT2D eigenvalue weighted by Crippen LogP contribution is 2.50. The van der Waals surface area contributed by atoms with Gasteiger partial charge in [-0.1, -0.05) is 37.7 Å². The van der Waals surface area contributed by atoms with E-state index in [2.05, 4.69) is 12.1 Å². The molecule has 3 aromatic carbocycles. The molecule has 9 nitrogen and oxygen atoms in total. The second-order valence-corrected chi connectivity index (χ2v) is 14.8. The second-order valence-electron chi connectivity index (χ2n) is 13.7. The fourth-order valence-electron chi connectivity index (χ4n) is 6.20. The number of hydrogen-bond acceptors (Lipinski definition) is 8. The summed E-state index contributed by atoms with van der Waals surface area (Å²) >= 11 is 1.63. The van der Waals surface area contributed by atoms with E-state index < -0.39 is 11.5 Å². The molecule has 0 bridgehead atoms. The van der Waals surface area contributed by atoms with Crippen LogP contribution in [0.15, 0.2) is 92.7 Å². The van der Waals surface area contributed by atoms with Crippen LogP contribution in [0.2, 0.25) is 0 Å². The number of anilines is 5. The first-order valence-electron chi connectivity index (χ1n) is 16.1. The minimum atomic E-state index is -0.843. The summed E-state index contributed by atoms with van der Waals surface area (Å²) in [6, 6.07) is 19.3. The van der Waals surface area contributed by atoms with Gasteiger partial charge in [0.05, 0.1) is 11.4 Å². The molecule has 0 N–H and O–H groups in total. The van der Waals surface area contributed by atoms with Gasteiger partial charge in [-0.15, -0.1) is 0 Å². The molecule has 1 heterocycles. The molecule has 0 atom stereocenters. The number of ketones is 2. The lowest BCUT2D eigenvalue weighted by atomic mass is 9.71. The molecule has 3 aromatic rings. The molecule has 0 radical (unpaired) electrons. The predicted octanol–water partition coefficient (Wildman–Crippen LogP) is 7.94. The number of hydrogen-bond donors (Lipinski definition) is 0. The Labute approximate surface area is 293 Å². The largest absolute Gasteiger partial charge is 0.444 e. The number of fused-ring (bicyclic) bond motifs is 2. The van der Waals surface area contributed by atoms with Gasteiger partial charge >= 0.3 is 6.09 Å². The molecule has 2 aliphatic rings. The van der Waals surface area contributed by atoms with Crippen LogP contribution in [0, 0.1) is 5.41 Å². The minimum absolute atomic E-state index is 0.0412. The van der Waals surface area contributed by atoms with E-state index in [4.69, 9.17) is 4.74 Å². The third-order valence-corrected chi connectivity index (χ3v) is 10.4. The lowest BCUT2D eigenvalue weighted by Crippen LogP contribution is -2.36. The number of Topliss-reactive ketones (excluding diaryl/α,β-unsaturated/α-hetero) is 2. The molecule has 5 rings (SSSR count). The van der Waals surface area contributed by atoms with Gasteiger partial charge in [-0.2, -0.15) is 0 Å². The molecule has 10 heteroatoms. The Morgan fingerprint density at radius 1 is 0.714 bits per heavy atom. The van der Waals surface area contributed by atoms with Crippen molar-refractivity contribution in [2.24, 2.45) is 5.41 Å². The van der Waals surface area contributed by atoms with Crippen molar-refractivity contribution in [3.8, 4) is 0 Å². The fourth-order valence-corrected chi connectivity index (χ4v) is 7.33. The van der Waals surface area contributed by atoms with E-state index in [1.807, 2.05) is 88.2 Å². The standard InChI is InChI=1S/C39H44N4O5S/c1-23-24(2)37(46)35(25(3)36(23)45)39(4,5)21-34(44)42(10)27-13-11-26(12-14-27)22-48-38(47)43-30-17-15-28(40(6)7)19-32(30)49-33-20-29(41(8)9)16-18-31(33)43/h11-20H,21-22H2,1-10H3. The van der Waals surface area contributed by atoms with Crippen molar-refractivity contribution in [2.45, 2.75) is 57.4 Å². The van der Waals surface area contributed by atoms with Crippen molar-refractivity contribution in [3.63, 3.8) is 0 Å². The zero-order valence-corrected chi connectivity index (χ0v) is 30.7. The first-order valence-corrected chi connectivity index (χ1v) is 16.9. The number of ether oxygens (including phenoxy) is 1. The number of carbonyl (C=O) groups is 4. The van der Waals surface area contributed by atoms with Gasteiger partial charge in [0, 0.05) is 96.2 Å². The van der Waals surface area contributed by atoms with E-state index >= 15 is 0 Å². The van der Waals surface area contributed by atoms with Gasteiger partial charge in [0.1, 0.15) is 6.61 Å². The quantitative estimate of drug-likeness (QED) is 0.222. The molecule has 0 unspecified atom stereocenters. The molecular weight excluding hydrogens is 637 g/mol. The van der Waals surface area contributed by atoms with Crippen LogP contribution in [-0.2, 0) is 25.7 Å². The number of nitrogens with zero attached hydrogens (tertiary/aromatic N) is 4. The highest BCUT2D eigenvalue weighted by molar-refractivity contribution is 7.99. The van der Waals surface area contributed by atoms with Crippen LogP contribution >= 0.6 is 11.8 Å². The molecule has 49 heavy (non-hydrogen) atoms. The summed E-state index contributed by atoms with van der Waals surface area (Å²) in [5.74, 6) is -0.522. The summed E-state index contributed by atoms with van der Waals surface area (Å²) in [5.41, 5.74) is 5.85. The molecule has 0 spiro atoms. The number of allylic oxidation sites excluding steroid dienone is 4. The summed E-state index contributed by atoms with van der Waals surface area (Å²) < 4.78 is 5.87. The lowest BCUT2D eigenvalue weighted by molar-refractivity contribution is -0.121. The minimum Gasteiger partial charge on any atom is -0.444 e. The first-order chi connectivity index (χ1) is 23.0. The summed E-state index contributed by atoms with van der Waals surface area (Å²) in [4.78, 5) is 62.3. The van der Waals surface area contributed by atoms with Crippen LogP contribution < -0.4 is 19.6 Å². The third kappa shape index (κ3) is 6.87. The second kappa shape index (κ2) is 13.6. The van der Waals surface area contributed by atoms with Crippen molar-refractivity contribution in [2.75, 3.05) is 54.8 Å². The summed E-state index contributed by atoms with van der Waals surface area (Å²) in [7, 11) is 9.63. The molecule has 1 aliphatic carbocycles. The van der Waals surface area contributed by atoms with Crippen LogP contribution in [0.5, 0.6) is 0 Å². The van der Waals surface area contributed by atoms with Crippen LogP contribution in [0.1, 0.15) is 46.6 Å². The Bertz CT molecular complexity index is 1870. The maximum Gasteiger partial charge on any atom is 0.419 e. The third-order valence-electron chi connectivity index (χ3n) is 9.32. The zero-order valence-electron chi connectivity index (χ0n) is 29.9. The highest BCUT2D eigenvalue weighted by atomic mass is 32.2. The molecule has 0 fully saturated rings. The highest BCUT2D eigenvalue weighted by Gasteiger charge is 2.39. The van der Waals surface area contributed by atoms with Gasteiger partial charge in [-0.3, -0.25) is 14.4 Å². The molecule has 256 valence electrons. The van der Waals surface area contributed by atoms with Crippen molar-refractivity contribution < 1.29 is 23.9 Å². The summed E-state index contributed by atoms with van der Waals surface area (Å²) in [5, 5.41) is 0. The Hall–Kier alpha value is -4.83. The van der Waals surface area contributed by atoms with E-state index in [1.165, 1.54) is 0 Å². The van der Waals surface area contributed by atoms with E-state index in [1.54, 1.807) is 61.5 Å². The Kier molecular flexibility index (Phi) is 9.84. The maximum absolute atomic E-state index is 13.7. The normalized spacial score (nSPS) is 14.4. The molecule has 0 saturated carbocycles. The summed E-state index contributed by atoms with van der Waals surface area (Å²) in [6.07, 6.45) is -0.443. The Balaban J connectivity index is 1.29. The van der Waals surface area contributed by atoms with Crippen LogP contribution in [0.3, 0.4) is 0 Å². The number of amides is 2. The molecule has 0 aromatic heterocycles. The molecule has 2 amide bonds. The zero-order chi connectivity index (χ0) is 35.9. The van der Waals surface area contributed by atoms with Gasteiger partial charge in [-0.25, -0.2) is 9.69 Å². The van der Waals surface area contributed by atoms with Crippen LogP contribution in [-0.4, -0.2) is 58.8 Å². The smallest absolute Gasteiger partial charge is 0.419 e. The fraction of sp³-hybridized carbons (Fsp3) is 0.333. The maximum atomic E-state index is 13.7. The monoisotopic (exact) mass is 680 g/mol. The molecule has 0 saturated heterocycles. The summed E-state index contributed by atoms with van der Waals surface area (Å²) in [6.45, 7) is 8.69. The van der Waals surface area contributed by atoms with Crippen molar-refractivity contribution in [3.05, 3.63) is 88.5 Å². The SMILES string of the molecule is CC1=C(C)C(=O)C(C(C)(C)CC(=O)N(C)c2ccc(COC(=O)N3c4ccc(N(C)C)cc4Sc4cc(N(C)C)ccc43)cc2)=C(C)C1=O. The van der Waals surface area contributed by atoms with Gasteiger partial charge in [0.15, 0.2) is 11.6 Å². The van der Waals surface area contributed by atoms with Crippen molar-refractivity contribution >= 4 is 63.8 Å². The predicted molar refractivity (Wildman–Crippen MR) is 197 cm³/mol. The van der Waals surface area contributed by atoms with Crippen molar-refractivity contribution in [1.82, 2.24) is 0 Å². The van der Waals surface area contributed by atoms with E-state index in [0.29, 0.717) is 28.0 Å². The Morgan fingerprint density at radius 3 is 1.71 bits per heavy atom. The van der Waals surface area contributed by atoms with Gasteiger partial charge in [0.25, 0.3) is 0 Å². The number of carbonyl (C=O) groups excluding carboxylic acids is 4. The topological polar surface area (TPSA) is 90.5 Å². The van der Waals surface area contributed by atoms with Gasteiger partial charge < -0.3 is 19.4 Å². The molecular formula is C39H44N4O5S. The average molecular weight is 681 g/mol. The lowest BCUT2D eigenvalue weighted by Gasteiger charge is -2.32. The van der Waals surface area contributed by atoms with Crippen LogP contribution in [0.4, 0.5) is 33.2 Å². The first kappa shape index (κ1) is 35.5. The molecule has 1 aliphatic heterocycles. The van der Waals surface area contributed by atoms with E-state index in [-0.39, 0.29) is 30.5 Å². The van der Waals surface area contributed by atoms with Gasteiger partial charge in [0.2, 0.25) is 5.91 Å². The van der Waals surface area contributed by atoms with E-state index in [9.17, 15) is 19.2 Å². The average Bonchev–Trinajstić information content (AvgIpc) is 3.06. The number of rotatable bonds is 8. The van der Waals surface area contributed by atoms with Crippen molar-refractivity contribution in [1.29, 1.82) is 0 Å². The van der Waals surface area contributed by atoms with Crippen LogP contribution in [0.25, 0.3) is 0 Å². The van der Waals surface area contributed by atoms with Gasteiger partial charge in [-0.05, 0) is 74.9 Å². The number of benzene rings is 3. The Morgan fingerprint density at radius 2 is 1.20 bits per heavy atom.